The van der Waals surface area contributed by atoms with Gasteiger partial charge < -0.3 is 5.73 Å². The van der Waals surface area contributed by atoms with Crippen LogP contribution in [0.5, 0.6) is 0 Å². The molecule has 1 aromatic rings. The standard InChI is InChI=1S/C12H19BrN2O2S/c1-9(2)12(3,8-14)15-18(16,17)11-6-4-10(13)5-7-11/h4-7,9,15H,8,14H2,1-3H3. The van der Waals surface area contributed by atoms with Gasteiger partial charge >= 0.3 is 0 Å². The van der Waals surface area contributed by atoms with Crippen molar-refractivity contribution in [3.05, 3.63) is 28.7 Å². The number of nitrogens with one attached hydrogen (secondary N) is 1. The maximum absolute atomic E-state index is 12.2. The van der Waals surface area contributed by atoms with Gasteiger partial charge in [-0.2, -0.15) is 0 Å². The molecular formula is C12H19BrN2O2S. The number of benzene rings is 1. The zero-order valence-corrected chi connectivity index (χ0v) is 13.2. The van der Waals surface area contributed by atoms with Crippen LogP contribution in [0.4, 0.5) is 0 Å². The van der Waals surface area contributed by atoms with Crippen molar-refractivity contribution >= 4 is 26.0 Å². The average Bonchev–Trinajstić information content (AvgIpc) is 2.28. The van der Waals surface area contributed by atoms with E-state index in [9.17, 15) is 8.42 Å². The fourth-order valence-electron chi connectivity index (χ4n) is 1.37. The molecule has 1 aromatic carbocycles. The lowest BCUT2D eigenvalue weighted by atomic mass is 9.90. The molecule has 0 aliphatic carbocycles. The van der Waals surface area contributed by atoms with Crippen LogP contribution in [0, 0.1) is 5.92 Å². The van der Waals surface area contributed by atoms with Crippen molar-refractivity contribution in [2.24, 2.45) is 11.7 Å². The number of rotatable bonds is 5. The third-order valence-electron chi connectivity index (χ3n) is 3.19. The average molecular weight is 335 g/mol. The summed E-state index contributed by atoms with van der Waals surface area (Å²) in [5, 5.41) is 0. The molecule has 0 aliphatic heterocycles. The molecule has 0 saturated heterocycles. The Kier molecular flexibility index (Phi) is 4.94. The fourth-order valence-corrected chi connectivity index (χ4v) is 3.18. The summed E-state index contributed by atoms with van der Waals surface area (Å²) in [7, 11) is -3.54. The largest absolute Gasteiger partial charge is 0.329 e. The van der Waals surface area contributed by atoms with Gasteiger partial charge in [0.15, 0.2) is 0 Å². The van der Waals surface area contributed by atoms with E-state index in [-0.39, 0.29) is 17.4 Å². The van der Waals surface area contributed by atoms with E-state index < -0.39 is 15.6 Å². The van der Waals surface area contributed by atoms with Crippen LogP contribution < -0.4 is 10.5 Å². The summed E-state index contributed by atoms with van der Waals surface area (Å²) in [4.78, 5) is 0.242. The van der Waals surface area contributed by atoms with Gasteiger partial charge in [-0.25, -0.2) is 13.1 Å². The summed E-state index contributed by atoms with van der Waals surface area (Å²) < 4.78 is 28.0. The van der Waals surface area contributed by atoms with Crippen molar-refractivity contribution in [1.29, 1.82) is 0 Å². The maximum Gasteiger partial charge on any atom is 0.241 e. The Balaban J connectivity index is 3.05. The highest BCUT2D eigenvalue weighted by molar-refractivity contribution is 9.10. The van der Waals surface area contributed by atoms with Crippen LogP contribution in [-0.2, 0) is 10.0 Å². The van der Waals surface area contributed by atoms with Gasteiger partial charge in [0.2, 0.25) is 10.0 Å². The maximum atomic E-state index is 12.2. The third-order valence-corrected chi connectivity index (χ3v) is 5.35. The minimum atomic E-state index is -3.54. The van der Waals surface area contributed by atoms with Crippen molar-refractivity contribution in [1.82, 2.24) is 4.72 Å². The Morgan fingerprint density at radius 2 is 1.83 bits per heavy atom. The lowest BCUT2D eigenvalue weighted by molar-refractivity contribution is 0.315. The zero-order valence-electron chi connectivity index (χ0n) is 10.8. The number of hydrogen-bond donors (Lipinski definition) is 2. The molecule has 1 rings (SSSR count). The monoisotopic (exact) mass is 334 g/mol. The second-order valence-electron chi connectivity index (χ2n) is 4.84. The van der Waals surface area contributed by atoms with Gasteiger partial charge in [-0.3, -0.25) is 0 Å². The molecule has 102 valence electrons. The fraction of sp³-hybridized carbons (Fsp3) is 0.500. The number of halogens is 1. The minimum Gasteiger partial charge on any atom is -0.329 e. The van der Waals surface area contributed by atoms with E-state index in [0.717, 1.165) is 4.47 Å². The zero-order chi connectivity index (χ0) is 14.0. The molecule has 1 atom stereocenters. The van der Waals surface area contributed by atoms with Crippen LogP contribution in [0.3, 0.4) is 0 Å². The summed E-state index contributed by atoms with van der Waals surface area (Å²) in [5.41, 5.74) is 5.04. The van der Waals surface area contributed by atoms with E-state index in [1.165, 1.54) is 0 Å². The molecule has 0 spiro atoms. The molecule has 0 heterocycles. The first-order chi connectivity index (χ1) is 8.21. The normalized spacial score (nSPS) is 15.7. The Labute approximate surface area is 117 Å². The summed E-state index contributed by atoms with van der Waals surface area (Å²) in [6.45, 7) is 5.95. The predicted molar refractivity (Wildman–Crippen MR) is 76.8 cm³/mol. The van der Waals surface area contributed by atoms with E-state index in [1.54, 1.807) is 24.3 Å². The van der Waals surface area contributed by atoms with Crippen LogP contribution >= 0.6 is 15.9 Å². The molecule has 0 fully saturated rings. The molecule has 1 unspecified atom stereocenters. The van der Waals surface area contributed by atoms with Crippen LogP contribution in [0.15, 0.2) is 33.6 Å². The lowest BCUT2D eigenvalue weighted by Crippen LogP contribution is -2.54. The Morgan fingerprint density at radius 1 is 1.33 bits per heavy atom. The molecule has 0 radical (unpaired) electrons. The van der Waals surface area contributed by atoms with Gasteiger partial charge in [-0.15, -0.1) is 0 Å². The Bertz CT molecular complexity index is 499. The molecule has 4 nitrogen and oxygen atoms in total. The van der Waals surface area contributed by atoms with Crippen molar-refractivity contribution < 1.29 is 8.42 Å². The van der Waals surface area contributed by atoms with Gasteiger partial charge in [-0.1, -0.05) is 29.8 Å². The molecule has 18 heavy (non-hydrogen) atoms. The van der Waals surface area contributed by atoms with E-state index in [4.69, 9.17) is 5.73 Å². The first kappa shape index (κ1) is 15.6. The number of hydrogen-bond acceptors (Lipinski definition) is 3. The summed E-state index contributed by atoms with van der Waals surface area (Å²) >= 11 is 3.28. The lowest BCUT2D eigenvalue weighted by Gasteiger charge is -2.33. The highest BCUT2D eigenvalue weighted by Crippen LogP contribution is 2.20. The third kappa shape index (κ3) is 3.54. The van der Waals surface area contributed by atoms with Gasteiger partial charge in [0.25, 0.3) is 0 Å². The van der Waals surface area contributed by atoms with Gasteiger partial charge in [-0.05, 0) is 37.1 Å². The highest BCUT2D eigenvalue weighted by Gasteiger charge is 2.32. The van der Waals surface area contributed by atoms with Crippen LogP contribution in [-0.4, -0.2) is 20.5 Å². The van der Waals surface area contributed by atoms with E-state index in [2.05, 4.69) is 20.7 Å². The highest BCUT2D eigenvalue weighted by atomic mass is 79.9. The number of nitrogens with two attached hydrogens (primary N) is 1. The van der Waals surface area contributed by atoms with Gasteiger partial charge in [0, 0.05) is 16.6 Å². The van der Waals surface area contributed by atoms with Crippen molar-refractivity contribution in [3.8, 4) is 0 Å². The quantitative estimate of drug-likeness (QED) is 0.866. The second-order valence-corrected chi connectivity index (χ2v) is 7.43. The van der Waals surface area contributed by atoms with Gasteiger partial charge in [0.05, 0.1) is 4.90 Å². The SMILES string of the molecule is CC(C)C(C)(CN)NS(=O)(=O)c1ccc(Br)cc1. The van der Waals surface area contributed by atoms with Crippen molar-refractivity contribution in [2.75, 3.05) is 6.54 Å². The smallest absolute Gasteiger partial charge is 0.241 e. The van der Waals surface area contributed by atoms with Crippen molar-refractivity contribution in [3.63, 3.8) is 0 Å². The summed E-state index contributed by atoms with van der Waals surface area (Å²) in [6.07, 6.45) is 0. The van der Waals surface area contributed by atoms with E-state index >= 15 is 0 Å². The molecule has 3 N–H and O–H groups in total. The van der Waals surface area contributed by atoms with Crippen molar-refractivity contribution in [2.45, 2.75) is 31.2 Å². The molecule has 0 bridgehead atoms. The van der Waals surface area contributed by atoms with E-state index in [1.807, 2.05) is 20.8 Å². The molecule has 0 aromatic heterocycles. The summed E-state index contributed by atoms with van der Waals surface area (Å²) in [5.74, 6) is 0.104. The molecule has 0 aliphatic rings. The molecule has 0 amide bonds. The number of sulfonamides is 1. The minimum absolute atomic E-state index is 0.104. The Morgan fingerprint density at radius 3 is 2.22 bits per heavy atom. The first-order valence-electron chi connectivity index (χ1n) is 5.71. The summed E-state index contributed by atoms with van der Waals surface area (Å²) in [6, 6.07) is 6.51. The van der Waals surface area contributed by atoms with Crippen LogP contribution in [0.25, 0.3) is 0 Å². The molecule has 0 saturated carbocycles. The molecule has 6 heteroatoms. The first-order valence-corrected chi connectivity index (χ1v) is 7.98. The van der Waals surface area contributed by atoms with Crippen LogP contribution in [0.1, 0.15) is 20.8 Å². The van der Waals surface area contributed by atoms with Gasteiger partial charge in [0.1, 0.15) is 0 Å². The Hall–Kier alpha value is -0.430. The second kappa shape index (κ2) is 5.69. The predicted octanol–water partition coefficient (Wildman–Crippen LogP) is 2.10. The topological polar surface area (TPSA) is 72.2 Å². The van der Waals surface area contributed by atoms with E-state index in [0.29, 0.717) is 0 Å². The van der Waals surface area contributed by atoms with Crippen LogP contribution in [0.2, 0.25) is 0 Å². The molecular weight excluding hydrogens is 316 g/mol.